The minimum Gasteiger partial charge on any atom is -0.492 e. The first-order valence-corrected chi connectivity index (χ1v) is 11.9. The van der Waals surface area contributed by atoms with E-state index < -0.39 is 24.7 Å². The molecule has 1 aliphatic carbocycles. The zero-order chi connectivity index (χ0) is 25.6. The van der Waals surface area contributed by atoms with Crippen molar-refractivity contribution >= 4 is 11.7 Å². The van der Waals surface area contributed by atoms with Gasteiger partial charge in [0.2, 0.25) is 5.91 Å². The number of carbonyl (C=O) groups is 1. The molecule has 0 fully saturated rings. The van der Waals surface area contributed by atoms with Gasteiger partial charge in [0.15, 0.2) is 5.82 Å². The number of hydrogen-bond donors (Lipinski definition) is 1. The summed E-state index contributed by atoms with van der Waals surface area (Å²) in [6.45, 7) is 1.76. The van der Waals surface area contributed by atoms with Gasteiger partial charge in [0, 0.05) is 30.1 Å². The number of fused-ring (bicyclic) bond motifs is 1. The molecule has 11 heteroatoms. The number of alkyl halides is 3. The third-order valence-corrected chi connectivity index (χ3v) is 5.84. The molecule has 2 heterocycles. The molecule has 2 aromatic heterocycles. The first-order chi connectivity index (χ1) is 16.6. The molecular weight excluding hydrogens is 461 g/mol. The number of pyridine rings is 1. The number of unbranched alkanes of at least 4 members (excludes halogenated alkanes) is 1. The predicted molar refractivity (Wildman–Crippen MR) is 127 cm³/mol. The van der Waals surface area contributed by atoms with E-state index in [9.17, 15) is 18.0 Å². The lowest BCUT2D eigenvalue weighted by Gasteiger charge is -2.33. The van der Waals surface area contributed by atoms with Crippen LogP contribution in [0, 0.1) is 0 Å². The number of hydrogen-bond acceptors (Lipinski definition) is 7. The van der Waals surface area contributed by atoms with Gasteiger partial charge in [-0.2, -0.15) is 13.2 Å². The van der Waals surface area contributed by atoms with Crippen LogP contribution in [0.2, 0.25) is 0 Å². The molecule has 0 aliphatic heterocycles. The number of ether oxygens (including phenoxy) is 1. The molecule has 192 valence electrons. The van der Waals surface area contributed by atoms with Crippen molar-refractivity contribution in [3.05, 3.63) is 29.6 Å². The second-order valence-electron chi connectivity index (χ2n) is 8.98. The third kappa shape index (κ3) is 7.27. The number of anilines is 1. The molecule has 2 N–H and O–H groups in total. The van der Waals surface area contributed by atoms with Gasteiger partial charge in [-0.3, -0.25) is 9.78 Å². The van der Waals surface area contributed by atoms with E-state index in [2.05, 4.69) is 15.0 Å². The number of nitrogens with two attached hydrogens (primary N) is 1. The van der Waals surface area contributed by atoms with E-state index in [-0.39, 0.29) is 18.1 Å². The summed E-state index contributed by atoms with van der Waals surface area (Å²) in [5, 5.41) is 0. The number of carbonyl (C=O) groups excluding carboxylic acids is 1. The Hall–Kier alpha value is -2.95. The monoisotopic (exact) mass is 494 g/mol. The van der Waals surface area contributed by atoms with Crippen LogP contribution in [-0.2, 0) is 17.6 Å². The van der Waals surface area contributed by atoms with Gasteiger partial charge in [-0.15, -0.1) is 0 Å². The number of rotatable bonds is 12. The van der Waals surface area contributed by atoms with Crippen molar-refractivity contribution in [1.82, 2.24) is 19.9 Å². The van der Waals surface area contributed by atoms with E-state index in [0.717, 1.165) is 24.3 Å². The summed E-state index contributed by atoms with van der Waals surface area (Å²) in [6, 6.07) is 2.25. The molecule has 1 amide bonds. The summed E-state index contributed by atoms with van der Waals surface area (Å²) in [7, 11) is 3.88. The van der Waals surface area contributed by atoms with Crippen LogP contribution in [0.4, 0.5) is 19.0 Å². The van der Waals surface area contributed by atoms with Crippen molar-refractivity contribution in [2.24, 2.45) is 5.73 Å². The van der Waals surface area contributed by atoms with Gasteiger partial charge < -0.3 is 20.3 Å². The van der Waals surface area contributed by atoms with Crippen LogP contribution in [0.3, 0.4) is 0 Å². The van der Waals surface area contributed by atoms with Crippen molar-refractivity contribution in [1.29, 1.82) is 0 Å². The normalized spacial score (nSPS) is 14.1. The second kappa shape index (κ2) is 11.7. The first kappa shape index (κ1) is 26.7. The molecule has 0 saturated carbocycles. The largest absolute Gasteiger partial charge is 0.492 e. The lowest BCUT2D eigenvalue weighted by molar-refractivity contribution is -0.126. The van der Waals surface area contributed by atoms with Crippen LogP contribution >= 0.6 is 0 Å². The van der Waals surface area contributed by atoms with E-state index in [4.69, 9.17) is 10.5 Å². The highest BCUT2D eigenvalue weighted by Crippen LogP contribution is 2.35. The molecule has 0 saturated heterocycles. The molecule has 35 heavy (non-hydrogen) atoms. The standard InChI is InChI=1S/C24H33F3N6O2/c1-4-5-9-20(21(28)34)33(15-24(25,26)27)23-17-7-6-8-18(17)30-22(31-23)19-14-16(10-11-29-19)35-13-12-32(2)3/h10-11,14,20H,4-9,12-13,15H2,1-3H3,(H2,28,34). The molecule has 0 aromatic carbocycles. The summed E-state index contributed by atoms with van der Waals surface area (Å²) in [4.78, 5) is 28.8. The van der Waals surface area contributed by atoms with Crippen LogP contribution in [-0.4, -0.2) is 71.8 Å². The van der Waals surface area contributed by atoms with Crippen molar-refractivity contribution in [3.63, 3.8) is 0 Å². The summed E-state index contributed by atoms with van der Waals surface area (Å²) < 4.78 is 46.8. The Kier molecular flexibility index (Phi) is 8.87. The van der Waals surface area contributed by atoms with E-state index >= 15 is 0 Å². The topological polar surface area (TPSA) is 97.5 Å². The number of amides is 1. The summed E-state index contributed by atoms with van der Waals surface area (Å²) >= 11 is 0. The number of likely N-dealkylation sites (N-methyl/N-ethyl adjacent to an activating group) is 1. The maximum Gasteiger partial charge on any atom is 0.406 e. The number of primary amides is 1. The van der Waals surface area contributed by atoms with Crippen LogP contribution in [0.1, 0.15) is 43.9 Å². The number of aryl methyl sites for hydroxylation is 1. The molecule has 1 unspecified atom stereocenters. The highest BCUT2D eigenvalue weighted by molar-refractivity contribution is 5.84. The summed E-state index contributed by atoms with van der Waals surface area (Å²) in [5.74, 6) is 0.0710. The van der Waals surface area contributed by atoms with E-state index in [1.807, 2.05) is 25.9 Å². The highest BCUT2D eigenvalue weighted by Gasteiger charge is 2.38. The number of halogens is 3. The van der Waals surface area contributed by atoms with Gasteiger partial charge in [0.1, 0.15) is 36.5 Å². The number of aromatic nitrogens is 3. The highest BCUT2D eigenvalue weighted by atomic mass is 19.4. The average Bonchev–Trinajstić information content (AvgIpc) is 3.26. The fourth-order valence-electron chi connectivity index (χ4n) is 4.11. The van der Waals surface area contributed by atoms with Gasteiger partial charge >= 0.3 is 6.18 Å². The number of nitrogens with zero attached hydrogens (tertiary/aromatic N) is 5. The molecule has 0 bridgehead atoms. The molecule has 3 rings (SSSR count). The maximum atomic E-state index is 13.7. The van der Waals surface area contributed by atoms with Crippen LogP contribution in [0.25, 0.3) is 11.5 Å². The van der Waals surface area contributed by atoms with Crippen molar-refractivity contribution < 1.29 is 22.7 Å². The minimum atomic E-state index is -4.55. The summed E-state index contributed by atoms with van der Waals surface area (Å²) in [5.41, 5.74) is 7.30. The zero-order valence-electron chi connectivity index (χ0n) is 20.4. The van der Waals surface area contributed by atoms with Crippen molar-refractivity contribution in [2.45, 2.75) is 57.7 Å². The Bertz CT molecular complexity index is 1020. The summed E-state index contributed by atoms with van der Waals surface area (Å²) in [6.07, 6.45) is 0.414. The van der Waals surface area contributed by atoms with Gasteiger partial charge in [-0.05, 0) is 45.8 Å². The Labute approximate surface area is 203 Å². The van der Waals surface area contributed by atoms with Gasteiger partial charge in [0.05, 0.1) is 0 Å². The maximum absolute atomic E-state index is 13.7. The Morgan fingerprint density at radius 3 is 2.69 bits per heavy atom. The molecular formula is C24H33F3N6O2. The van der Waals surface area contributed by atoms with E-state index in [0.29, 0.717) is 48.6 Å². The van der Waals surface area contributed by atoms with Crippen LogP contribution < -0.4 is 15.4 Å². The Balaban J connectivity index is 2.04. The second-order valence-corrected chi connectivity index (χ2v) is 8.98. The van der Waals surface area contributed by atoms with Crippen LogP contribution in [0.5, 0.6) is 5.75 Å². The van der Waals surface area contributed by atoms with E-state index in [1.165, 1.54) is 0 Å². The molecule has 0 spiro atoms. The Morgan fingerprint density at radius 1 is 1.26 bits per heavy atom. The van der Waals surface area contributed by atoms with Crippen molar-refractivity contribution in [2.75, 3.05) is 38.7 Å². The molecule has 1 atom stereocenters. The van der Waals surface area contributed by atoms with Crippen LogP contribution in [0.15, 0.2) is 18.3 Å². The first-order valence-electron chi connectivity index (χ1n) is 11.9. The molecule has 0 radical (unpaired) electrons. The fourth-order valence-corrected chi connectivity index (χ4v) is 4.11. The Morgan fingerprint density at radius 2 is 2.03 bits per heavy atom. The zero-order valence-corrected chi connectivity index (χ0v) is 20.4. The smallest absolute Gasteiger partial charge is 0.406 e. The average molecular weight is 495 g/mol. The molecule has 2 aromatic rings. The van der Waals surface area contributed by atoms with E-state index in [1.54, 1.807) is 18.3 Å². The minimum absolute atomic E-state index is 0.112. The fraction of sp³-hybridized carbons (Fsp3) is 0.583. The lowest BCUT2D eigenvalue weighted by Crippen LogP contribution is -2.49. The quantitative estimate of drug-likeness (QED) is 0.483. The molecule has 8 nitrogen and oxygen atoms in total. The van der Waals surface area contributed by atoms with Gasteiger partial charge in [-0.1, -0.05) is 19.8 Å². The lowest BCUT2D eigenvalue weighted by atomic mass is 10.1. The molecule has 1 aliphatic rings. The third-order valence-electron chi connectivity index (χ3n) is 5.84. The van der Waals surface area contributed by atoms with Gasteiger partial charge in [-0.25, -0.2) is 9.97 Å². The van der Waals surface area contributed by atoms with Crippen molar-refractivity contribution in [3.8, 4) is 17.3 Å². The predicted octanol–water partition coefficient (Wildman–Crippen LogP) is 3.38. The van der Waals surface area contributed by atoms with Gasteiger partial charge in [0.25, 0.3) is 0 Å². The SMILES string of the molecule is CCCCC(C(N)=O)N(CC(F)(F)F)c1nc(-c2cc(OCCN(C)C)ccn2)nc2c1CCC2.